The van der Waals surface area contributed by atoms with E-state index in [1.54, 1.807) is 0 Å². The van der Waals surface area contributed by atoms with Gasteiger partial charge in [-0.1, -0.05) is 18.2 Å². The Labute approximate surface area is 298 Å². The van der Waals surface area contributed by atoms with Gasteiger partial charge < -0.3 is 0 Å². The topological polar surface area (TPSA) is 77.3 Å². The SMILES string of the molecule is C=CCc1cc(-c2c(-c3ccncc3)c(-c3ccnc(CC=C)c3)c(-c3ccncc3)c(-c3ccnc(CC=C)c3)c2-c2ccncc2)ccn1. The van der Waals surface area contributed by atoms with Crippen molar-refractivity contribution in [3.63, 3.8) is 0 Å². The van der Waals surface area contributed by atoms with Gasteiger partial charge in [-0.05, 0) is 140 Å². The van der Waals surface area contributed by atoms with Crippen LogP contribution in [0, 0.1) is 0 Å². The third-order valence-corrected chi connectivity index (χ3v) is 8.78. The zero-order chi connectivity index (χ0) is 35.0. The maximum absolute atomic E-state index is 4.72. The van der Waals surface area contributed by atoms with E-state index in [4.69, 9.17) is 15.0 Å². The minimum Gasteiger partial charge on any atom is -0.265 e. The molecule has 0 aliphatic rings. The quantitative estimate of drug-likeness (QED) is 0.121. The molecule has 0 saturated carbocycles. The molecule has 0 radical (unpaired) electrons. The maximum Gasteiger partial charge on any atom is 0.0447 e. The molecule has 0 atom stereocenters. The summed E-state index contributed by atoms with van der Waals surface area (Å²) in [7, 11) is 0. The Morgan fingerprint density at radius 1 is 0.333 bits per heavy atom. The molecule has 51 heavy (non-hydrogen) atoms. The van der Waals surface area contributed by atoms with E-state index in [9.17, 15) is 0 Å². The molecule has 0 N–H and O–H groups in total. The van der Waals surface area contributed by atoms with E-state index < -0.39 is 0 Å². The van der Waals surface area contributed by atoms with Crippen molar-refractivity contribution in [1.29, 1.82) is 0 Å². The van der Waals surface area contributed by atoms with Gasteiger partial charge in [-0.15, -0.1) is 19.7 Å². The summed E-state index contributed by atoms with van der Waals surface area (Å²) in [5.74, 6) is 0. The first kappa shape index (κ1) is 32.9. The monoisotopic (exact) mass is 660 g/mol. The van der Waals surface area contributed by atoms with Crippen molar-refractivity contribution in [3.05, 3.63) is 184 Å². The molecule has 0 amide bonds. The summed E-state index contributed by atoms with van der Waals surface area (Å²) in [6.45, 7) is 12.0. The molecule has 0 bridgehead atoms. The fraction of sp³-hybridized carbons (Fsp3) is 0.0667. The molecule has 0 aliphatic heterocycles. The van der Waals surface area contributed by atoms with Gasteiger partial charge in [0.1, 0.15) is 0 Å². The number of hydrogen-bond donors (Lipinski definition) is 0. The van der Waals surface area contributed by atoms with Crippen LogP contribution in [0.5, 0.6) is 0 Å². The molecule has 7 aromatic rings. The first-order chi connectivity index (χ1) is 25.2. The molecular formula is C45H36N6. The van der Waals surface area contributed by atoms with Crippen molar-refractivity contribution in [2.45, 2.75) is 19.3 Å². The van der Waals surface area contributed by atoms with Gasteiger partial charge in [0.15, 0.2) is 0 Å². The van der Waals surface area contributed by atoms with Crippen LogP contribution in [0.2, 0.25) is 0 Å². The van der Waals surface area contributed by atoms with Gasteiger partial charge in [0, 0.05) is 92.1 Å². The Morgan fingerprint density at radius 3 is 0.824 bits per heavy atom. The van der Waals surface area contributed by atoms with E-state index in [-0.39, 0.29) is 0 Å². The molecule has 0 aliphatic carbocycles. The normalized spacial score (nSPS) is 10.8. The van der Waals surface area contributed by atoms with Crippen LogP contribution >= 0.6 is 0 Å². The summed E-state index contributed by atoms with van der Waals surface area (Å²) in [6, 6.07) is 25.3. The Balaban J connectivity index is 1.80. The summed E-state index contributed by atoms with van der Waals surface area (Å²) in [5, 5.41) is 0. The number of rotatable bonds is 12. The molecule has 0 spiro atoms. The molecule has 1 aromatic carbocycles. The number of benzene rings is 1. The maximum atomic E-state index is 4.72. The van der Waals surface area contributed by atoms with Crippen molar-refractivity contribution in [2.75, 3.05) is 0 Å². The molecule has 6 aromatic heterocycles. The predicted octanol–water partition coefficient (Wildman–Crippen LogP) is 10.2. The lowest BCUT2D eigenvalue weighted by atomic mass is 9.74. The van der Waals surface area contributed by atoms with Gasteiger partial charge in [0.25, 0.3) is 0 Å². The summed E-state index contributed by atoms with van der Waals surface area (Å²) < 4.78 is 0. The highest BCUT2D eigenvalue weighted by Gasteiger charge is 2.29. The fourth-order valence-electron chi connectivity index (χ4n) is 6.72. The molecule has 6 heterocycles. The Bertz CT molecular complexity index is 2050. The van der Waals surface area contributed by atoms with Crippen LogP contribution in [0.15, 0.2) is 167 Å². The summed E-state index contributed by atoms with van der Waals surface area (Å²) in [6.07, 6.45) is 24.4. The van der Waals surface area contributed by atoms with Gasteiger partial charge >= 0.3 is 0 Å². The van der Waals surface area contributed by atoms with Gasteiger partial charge in [-0.25, -0.2) is 0 Å². The van der Waals surface area contributed by atoms with Crippen LogP contribution in [0.1, 0.15) is 17.1 Å². The zero-order valence-corrected chi connectivity index (χ0v) is 28.3. The summed E-state index contributed by atoms with van der Waals surface area (Å²) in [5.41, 5.74) is 15.3. The smallest absolute Gasteiger partial charge is 0.0447 e. The Kier molecular flexibility index (Phi) is 9.84. The molecule has 0 saturated heterocycles. The minimum absolute atomic E-state index is 0.641. The molecule has 7 rings (SSSR count). The molecular weight excluding hydrogens is 625 g/mol. The third-order valence-electron chi connectivity index (χ3n) is 8.78. The summed E-state index contributed by atoms with van der Waals surface area (Å²) in [4.78, 5) is 27.4. The van der Waals surface area contributed by atoms with Gasteiger partial charge in [0.2, 0.25) is 0 Å². The highest BCUT2D eigenvalue weighted by molar-refractivity contribution is 6.15. The first-order valence-electron chi connectivity index (χ1n) is 16.8. The third kappa shape index (κ3) is 6.80. The molecule has 6 heteroatoms. The van der Waals surface area contributed by atoms with Crippen LogP contribution in [0.25, 0.3) is 66.8 Å². The minimum atomic E-state index is 0.641. The van der Waals surface area contributed by atoms with Crippen molar-refractivity contribution in [1.82, 2.24) is 29.9 Å². The van der Waals surface area contributed by atoms with Crippen molar-refractivity contribution in [3.8, 4) is 66.8 Å². The second-order valence-electron chi connectivity index (χ2n) is 12.0. The highest BCUT2D eigenvalue weighted by atomic mass is 14.7. The number of hydrogen-bond acceptors (Lipinski definition) is 6. The van der Waals surface area contributed by atoms with Crippen LogP contribution in [-0.4, -0.2) is 29.9 Å². The largest absolute Gasteiger partial charge is 0.265 e. The van der Waals surface area contributed by atoms with E-state index in [2.05, 4.69) is 107 Å². The first-order valence-corrected chi connectivity index (χ1v) is 16.8. The van der Waals surface area contributed by atoms with E-state index in [0.717, 1.165) is 83.8 Å². The van der Waals surface area contributed by atoms with E-state index in [0.29, 0.717) is 19.3 Å². The summed E-state index contributed by atoms with van der Waals surface area (Å²) >= 11 is 0. The lowest BCUT2D eigenvalue weighted by Crippen LogP contribution is -2.04. The average molecular weight is 661 g/mol. The Hall–Kier alpha value is -6.66. The predicted molar refractivity (Wildman–Crippen MR) is 208 cm³/mol. The van der Waals surface area contributed by atoms with Crippen molar-refractivity contribution in [2.24, 2.45) is 0 Å². The molecule has 0 fully saturated rings. The molecule has 6 nitrogen and oxygen atoms in total. The number of nitrogens with zero attached hydrogens (tertiary/aromatic N) is 6. The fourth-order valence-corrected chi connectivity index (χ4v) is 6.72. The van der Waals surface area contributed by atoms with Gasteiger partial charge in [-0.2, -0.15) is 0 Å². The number of aromatic nitrogens is 6. The number of allylic oxidation sites excluding steroid dienone is 3. The van der Waals surface area contributed by atoms with E-state index >= 15 is 0 Å². The molecule has 246 valence electrons. The number of pyridine rings is 6. The standard InChI is InChI=1S/C45H36N6/c1-4-7-37-28-34(16-25-49-37)43-40(31-10-19-46-20-11-31)44(35-17-26-50-38(29-35)8-5-2)42(33-14-23-48-24-15-33)45(41(43)32-12-21-47-22-13-32)36-18-27-51-39(30-36)9-6-3/h4-6,10-30H,1-3,7-9H2. The zero-order valence-electron chi connectivity index (χ0n) is 28.3. The van der Waals surface area contributed by atoms with Crippen LogP contribution < -0.4 is 0 Å². The van der Waals surface area contributed by atoms with Crippen LogP contribution in [0.3, 0.4) is 0 Å². The Morgan fingerprint density at radius 2 is 0.569 bits per heavy atom. The van der Waals surface area contributed by atoms with E-state index in [1.165, 1.54) is 0 Å². The lowest BCUT2D eigenvalue weighted by Gasteiger charge is -2.29. The van der Waals surface area contributed by atoms with Crippen molar-refractivity contribution >= 4 is 0 Å². The molecule has 0 unspecified atom stereocenters. The van der Waals surface area contributed by atoms with Gasteiger partial charge in [-0.3, -0.25) is 29.9 Å². The highest BCUT2D eigenvalue weighted by Crippen LogP contribution is 2.55. The second-order valence-corrected chi connectivity index (χ2v) is 12.0. The average Bonchev–Trinajstić information content (AvgIpc) is 3.18. The second kappa shape index (κ2) is 15.3. The lowest BCUT2D eigenvalue weighted by molar-refractivity contribution is 1.11. The van der Waals surface area contributed by atoms with Gasteiger partial charge in [0.05, 0.1) is 0 Å². The van der Waals surface area contributed by atoms with Crippen molar-refractivity contribution < 1.29 is 0 Å². The van der Waals surface area contributed by atoms with Crippen LogP contribution in [0.4, 0.5) is 0 Å². The van der Waals surface area contributed by atoms with Crippen LogP contribution in [-0.2, 0) is 19.3 Å². The van der Waals surface area contributed by atoms with E-state index in [1.807, 2.05) is 74.0 Å².